The Morgan fingerprint density at radius 3 is 2.38 bits per heavy atom. The Bertz CT molecular complexity index is 745. The van der Waals surface area contributed by atoms with Gasteiger partial charge in [0.15, 0.2) is 5.82 Å². The third kappa shape index (κ3) is 2.87. The molecular weight excluding hydrogens is 375 g/mol. The van der Waals surface area contributed by atoms with Crippen molar-refractivity contribution in [2.75, 3.05) is 12.4 Å². The molecule has 0 amide bonds. The monoisotopic (exact) mass is 388 g/mol. The second-order valence-electron chi connectivity index (χ2n) is 4.39. The van der Waals surface area contributed by atoms with Crippen LogP contribution < -0.4 is 5.32 Å². The number of halogens is 1. The Kier molecular flexibility index (Phi) is 4.10. The van der Waals surface area contributed by atoms with Gasteiger partial charge in [0.2, 0.25) is 0 Å². The van der Waals surface area contributed by atoms with Crippen LogP contribution in [0.3, 0.4) is 0 Å². The maximum Gasteiger partial charge on any atom is 0.180 e. The molecule has 2 aromatic heterocycles. The first kappa shape index (κ1) is 13.9. The summed E-state index contributed by atoms with van der Waals surface area (Å²) >= 11 is 2.27. The number of rotatable bonds is 3. The molecule has 0 fully saturated rings. The van der Waals surface area contributed by atoms with Gasteiger partial charge < -0.3 is 5.32 Å². The van der Waals surface area contributed by atoms with Crippen LogP contribution in [0, 0.1) is 3.57 Å². The van der Waals surface area contributed by atoms with Gasteiger partial charge in [0.1, 0.15) is 11.5 Å². The van der Waals surface area contributed by atoms with Gasteiger partial charge in [-0.25, -0.2) is 9.97 Å². The minimum atomic E-state index is 0.624. The fraction of sp³-hybridized carbons (Fsp3) is 0.0625. The first-order valence-electron chi connectivity index (χ1n) is 6.51. The standard InChI is InChI=1S/C16H13IN4/c1-18-16-13(17)14(11-7-3-2-4-8-11)20-15(21-16)12-9-5-6-10-19-12/h2-10H,1H3,(H,18,20,21). The van der Waals surface area contributed by atoms with E-state index in [1.807, 2.05) is 55.6 Å². The molecule has 104 valence electrons. The Labute approximate surface area is 136 Å². The highest BCUT2D eigenvalue weighted by molar-refractivity contribution is 14.1. The molecule has 0 aliphatic carbocycles. The van der Waals surface area contributed by atoms with Crippen molar-refractivity contribution in [3.8, 4) is 22.8 Å². The van der Waals surface area contributed by atoms with Crippen LogP contribution in [-0.2, 0) is 0 Å². The zero-order valence-corrected chi connectivity index (χ0v) is 13.6. The van der Waals surface area contributed by atoms with Crippen molar-refractivity contribution >= 4 is 28.4 Å². The van der Waals surface area contributed by atoms with Crippen molar-refractivity contribution in [3.05, 3.63) is 58.3 Å². The zero-order valence-electron chi connectivity index (χ0n) is 11.4. The van der Waals surface area contributed by atoms with Gasteiger partial charge in [-0.3, -0.25) is 4.98 Å². The maximum absolute atomic E-state index is 4.70. The van der Waals surface area contributed by atoms with E-state index in [1.54, 1.807) is 6.20 Å². The van der Waals surface area contributed by atoms with Crippen LogP contribution in [0.15, 0.2) is 54.7 Å². The average Bonchev–Trinajstić information content (AvgIpc) is 2.56. The molecule has 4 nitrogen and oxygen atoms in total. The highest BCUT2D eigenvalue weighted by atomic mass is 127. The van der Waals surface area contributed by atoms with E-state index >= 15 is 0 Å². The van der Waals surface area contributed by atoms with Gasteiger partial charge in [-0.1, -0.05) is 36.4 Å². The lowest BCUT2D eigenvalue weighted by atomic mass is 10.1. The fourth-order valence-corrected chi connectivity index (χ4v) is 2.83. The molecule has 0 saturated carbocycles. The molecule has 0 spiro atoms. The van der Waals surface area contributed by atoms with Crippen LogP contribution in [0.5, 0.6) is 0 Å². The summed E-state index contributed by atoms with van der Waals surface area (Å²) in [6.07, 6.45) is 1.75. The maximum atomic E-state index is 4.70. The lowest BCUT2D eigenvalue weighted by Crippen LogP contribution is -2.03. The number of benzene rings is 1. The molecule has 0 saturated heterocycles. The second-order valence-corrected chi connectivity index (χ2v) is 5.47. The normalized spacial score (nSPS) is 10.4. The van der Waals surface area contributed by atoms with E-state index in [9.17, 15) is 0 Å². The summed E-state index contributed by atoms with van der Waals surface area (Å²) in [5.74, 6) is 1.43. The molecule has 0 aliphatic rings. The number of hydrogen-bond acceptors (Lipinski definition) is 4. The van der Waals surface area contributed by atoms with E-state index in [0.717, 1.165) is 26.3 Å². The molecule has 21 heavy (non-hydrogen) atoms. The predicted molar refractivity (Wildman–Crippen MR) is 93.0 cm³/mol. The average molecular weight is 388 g/mol. The molecule has 1 aromatic carbocycles. The molecular formula is C16H13IN4. The molecule has 2 heterocycles. The van der Waals surface area contributed by atoms with Gasteiger partial charge in [0, 0.05) is 18.8 Å². The Morgan fingerprint density at radius 1 is 0.952 bits per heavy atom. The molecule has 5 heteroatoms. The largest absolute Gasteiger partial charge is 0.372 e. The van der Waals surface area contributed by atoms with Gasteiger partial charge in [-0.15, -0.1) is 0 Å². The van der Waals surface area contributed by atoms with Crippen LogP contribution in [0.4, 0.5) is 5.82 Å². The zero-order chi connectivity index (χ0) is 14.7. The quantitative estimate of drug-likeness (QED) is 0.693. The van der Waals surface area contributed by atoms with Gasteiger partial charge in [0.05, 0.1) is 9.26 Å². The van der Waals surface area contributed by atoms with Crippen molar-refractivity contribution in [1.29, 1.82) is 0 Å². The van der Waals surface area contributed by atoms with E-state index in [4.69, 9.17) is 4.98 Å². The van der Waals surface area contributed by atoms with Gasteiger partial charge in [-0.05, 0) is 34.7 Å². The number of aromatic nitrogens is 3. The topological polar surface area (TPSA) is 50.7 Å². The SMILES string of the molecule is CNc1nc(-c2ccccn2)nc(-c2ccccc2)c1I. The van der Waals surface area contributed by atoms with E-state index in [2.05, 4.69) is 37.9 Å². The number of anilines is 1. The Hall–Kier alpha value is -2.02. The molecule has 0 bridgehead atoms. The molecule has 0 aliphatic heterocycles. The van der Waals surface area contributed by atoms with E-state index in [-0.39, 0.29) is 0 Å². The number of nitrogens with one attached hydrogen (secondary N) is 1. The van der Waals surface area contributed by atoms with Crippen molar-refractivity contribution in [2.24, 2.45) is 0 Å². The third-order valence-corrected chi connectivity index (χ3v) is 4.05. The minimum Gasteiger partial charge on any atom is -0.372 e. The van der Waals surface area contributed by atoms with Crippen LogP contribution in [0.25, 0.3) is 22.8 Å². The minimum absolute atomic E-state index is 0.624. The van der Waals surface area contributed by atoms with E-state index in [0.29, 0.717) is 5.82 Å². The highest BCUT2D eigenvalue weighted by Gasteiger charge is 2.14. The fourth-order valence-electron chi connectivity index (χ4n) is 2.01. The van der Waals surface area contributed by atoms with Gasteiger partial charge >= 0.3 is 0 Å². The first-order valence-corrected chi connectivity index (χ1v) is 7.59. The first-order chi connectivity index (χ1) is 10.3. The summed E-state index contributed by atoms with van der Waals surface area (Å²) in [5.41, 5.74) is 2.75. The summed E-state index contributed by atoms with van der Waals surface area (Å²) in [6.45, 7) is 0. The smallest absolute Gasteiger partial charge is 0.180 e. The molecule has 1 N–H and O–H groups in total. The van der Waals surface area contributed by atoms with E-state index in [1.165, 1.54) is 0 Å². The molecule has 3 rings (SSSR count). The van der Waals surface area contributed by atoms with Crippen molar-refractivity contribution in [3.63, 3.8) is 0 Å². The van der Waals surface area contributed by atoms with Crippen molar-refractivity contribution < 1.29 is 0 Å². The summed E-state index contributed by atoms with van der Waals surface area (Å²) < 4.78 is 1.00. The summed E-state index contributed by atoms with van der Waals surface area (Å²) in [5, 5.41) is 3.13. The van der Waals surface area contributed by atoms with Crippen LogP contribution in [0.1, 0.15) is 0 Å². The van der Waals surface area contributed by atoms with E-state index < -0.39 is 0 Å². The molecule has 0 radical (unpaired) electrons. The van der Waals surface area contributed by atoms with Gasteiger partial charge in [0.25, 0.3) is 0 Å². The molecule has 0 unspecified atom stereocenters. The third-order valence-electron chi connectivity index (χ3n) is 3.03. The summed E-state index contributed by atoms with van der Waals surface area (Å²) in [6, 6.07) is 15.8. The lowest BCUT2D eigenvalue weighted by molar-refractivity contribution is 1.13. The Balaban J connectivity index is 2.21. The van der Waals surface area contributed by atoms with Crippen LogP contribution >= 0.6 is 22.6 Å². The summed E-state index contributed by atoms with van der Waals surface area (Å²) in [7, 11) is 1.86. The summed E-state index contributed by atoms with van der Waals surface area (Å²) in [4.78, 5) is 13.6. The van der Waals surface area contributed by atoms with Crippen LogP contribution in [0.2, 0.25) is 0 Å². The number of hydrogen-bond donors (Lipinski definition) is 1. The predicted octanol–water partition coefficient (Wildman–Crippen LogP) is 3.85. The Morgan fingerprint density at radius 2 is 1.71 bits per heavy atom. The van der Waals surface area contributed by atoms with Crippen LogP contribution in [-0.4, -0.2) is 22.0 Å². The number of pyridine rings is 1. The second kappa shape index (κ2) is 6.17. The lowest BCUT2D eigenvalue weighted by Gasteiger charge is -2.11. The van der Waals surface area contributed by atoms with Crippen molar-refractivity contribution in [1.82, 2.24) is 15.0 Å². The molecule has 0 atom stereocenters. The van der Waals surface area contributed by atoms with Crippen molar-refractivity contribution in [2.45, 2.75) is 0 Å². The molecule has 3 aromatic rings. The highest BCUT2D eigenvalue weighted by Crippen LogP contribution is 2.29. The number of nitrogens with zero attached hydrogens (tertiary/aromatic N) is 3. The van der Waals surface area contributed by atoms with Gasteiger partial charge in [-0.2, -0.15) is 0 Å².